The first kappa shape index (κ1) is 18.0. The second-order valence-electron chi connectivity index (χ2n) is 5.88. The Morgan fingerprint density at radius 2 is 2.12 bits per heavy atom. The average Bonchev–Trinajstić information content (AvgIpc) is 2.48. The molecule has 0 spiro atoms. The Labute approximate surface area is 141 Å². The minimum Gasteiger partial charge on any atom is -0.493 e. The van der Waals surface area contributed by atoms with Crippen molar-refractivity contribution in [3.8, 4) is 5.75 Å². The fourth-order valence-electron chi connectivity index (χ4n) is 2.80. The van der Waals surface area contributed by atoms with Crippen molar-refractivity contribution in [2.75, 3.05) is 25.5 Å². The third-order valence-electron chi connectivity index (χ3n) is 4.16. The van der Waals surface area contributed by atoms with Crippen LogP contribution in [0.1, 0.15) is 25.5 Å². The lowest BCUT2D eigenvalue weighted by Gasteiger charge is -2.42. The van der Waals surface area contributed by atoms with E-state index in [0.29, 0.717) is 18.1 Å². The van der Waals surface area contributed by atoms with Gasteiger partial charge in [-0.15, -0.1) is 0 Å². The summed E-state index contributed by atoms with van der Waals surface area (Å²) in [5.74, 6) is 0.0522. The smallest absolute Gasteiger partial charge is 0.320 e. The fraction of sp³-hybridized carbons (Fsp3) is 0.562. The van der Waals surface area contributed by atoms with E-state index in [1.54, 1.807) is 12.1 Å². The average molecular weight is 336 g/mol. The van der Waals surface area contributed by atoms with Crippen molar-refractivity contribution in [1.82, 2.24) is 15.2 Å². The zero-order valence-corrected chi connectivity index (χ0v) is 14.2. The fourth-order valence-corrected chi connectivity index (χ4v) is 2.80. The molecule has 0 radical (unpaired) electrons. The number of carbonyl (C=O) groups is 2. The van der Waals surface area contributed by atoms with Crippen LogP contribution in [0.2, 0.25) is 0 Å². The summed E-state index contributed by atoms with van der Waals surface area (Å²) in [5.41, 5.74) is 0.780. The molecule has 0 unspecified atom stereocenters. The molecule has 24 heavy (non-hydrogen) atoms. The number of methoxy groups -OCH3 is 1. The molecule has 8 nitrogen and oxygen atoms in total. The molecule has 8 heteroatoms. The van der Waals surface area contributed by atoms with Gasteiger partial charge < -0.3 is 15.2 Å². The molecule has 3 N–H and O–H groups in total. The number of likely N-dealkylation sites (N-methyl/N-ethyl adjacent to an activating group) is 1. The number of nitrogens with zero attached hydrogens (tertiary/aromatic N) is 2. The molecule has 1 aliphatic carbocycles. The third kappa shape index (κ3) is 4.58. The van der Waals surface area contributed by atoms with Gasteiger partial charge in [0, 0.05) is 17.8 Å². The van der Waals surface area contributed by atoms with Gasteiger partial charge in [0.2, 0.25) is 0 Å². The number of anilines is 1. The summed E-state index contributed by atoms with van der Waals surface area (Å²) in [6.45, 7) is 4.48. The van der Waals surface area contributed by atoms with Gasteiger partial charge in [0.1, 0.15) is 0 Å². The van der Waals surface area contributed by atoms with E-state index in [1.165, 1.54) is 7.11 Å². The Balaban J connectivity index is 1.83. The number of hydrogen-bond donors (Lipinski definition) is 3. The molecule has 0 saturated heterocycles. The van der Waals surface area contributed by atoms with Crippen LogP contribution in [0.4, 0.5) is 10.6 Å². The van der Waals surface area contributed by atoms with E-state index in [1.807, 2.05) is 18.7 Å². The van der Waals surface area contributed by atoms with Crippen LogP contribution in [0.5, 0.6) is 5.75 Å². The predicted molar refractivity (Wildman–Crippen MR) is 89.4 cm³/mol. The van der Waals surface area contributed by atoms with E-state index in [4.69, 9.17) is 9.84 Å². The first-order valence-corrected chi connectivity index (χ1v) is 7.98. The van der Waals surface area contributed by atoms with Gasteiger partial charge in [-0.05, 0) is 38.4 Å². The molecule has 1 saturated carbocycles. The van der Waals surface area contributed by atoms with E-state index < -0.39 is 5.97 Å². The van der Waals surface area contributed by atoms with Gasteiger partial charge in [-0.1, -0.05) is 6.92 Å². The lowest BCUT2D eigenvalue weighted by molar-refractivity contribution is -0.139. The molecule has 132 valence electrons. The van der Waals surface area contributed by atoms with Gasteiger partial charge in [0.25, 0.3) is 0 Å². The maximum atomic E-state index is 12.1. The second kappa shape index (κ2) is 7.96. The van der Waals surface area contributed by atoms with Crippen LogP contribution in [-0.2, 0) is 4.79 Å². The summed E-state index contributed by atoms with van der Waals surface area (Å²) in [5, 5.41) is 14.5. The van der Waals surface area contributed by atoms with Crippen LogP contribution in [0.3, 0.4) is 0 Å². The predicted octanol–water partition coefficient (Wildman–Crippen LogP) is 1.46. The third-order valence-corrected chi connectivity index (χ3v) is 4.16. The molecule has 1 aliphatic rings. The number of amides is 2. The molecule has 2 amide bonds. The maximum absolute atomic E-state index is 12.1. The Bertz CT molecular complexity index is 602. The molecule has 0 bridgehead atoms. The first-order chi connectivity index (χ1) is 11.4. The van der Waals surface area contributed by atoms with E-state index in [-0.39, 0.29) is 24.7 Å². The second-order valence-corrected chi connectivity index (χ2v) is 5.88. The number of hydrogen-bond acceptors (Lipinski definition) is 5. The molecule has 2 rings (SSSR count). The number of rotatable bonds is 7. The number of nitrogens with one attached hydrogen (secondary N) is 2. The molecular formula is C16H24N4O4. The lowest BCUT2D eigenvalue weighted by Crippen LogP contribution is -2.55. The molecular weight excluding hydrogens is 312 g/mol. The number of aryl methyl sites for hydroxylation is 1. The Morgan fingerprint density at radius 3 is 2.71 bits per heavy atom. The van der Waals surface area contributed by atoms with Gasteiger partial charge in [-0.2, -0.15) is 0 Å². The van der Waals surface area contributed by atoms with E-state index in [9.17, 15) is 9.59 Å². The highest BCUT2D eigenvalue weighted by Gasteiger charge is 2.34. The number of ether oxygens (including phenoxy) is 1. The quantitative estimate of drug-likeness (QED) is 0.696. The number of urea groups is 1. The van der Waals surface area contributed by atoms with Crippen molar-refractivity contribution in [2.24, 2.45) is 0 Å². The van der Waals surface area contributed by atoms with Crippen molar-refractivity contribution in [1.29, 1.82) is 0 Å². The zero-order valence-electron chi connectivity index (χ0n) is 14.2. The Morgan fingerprint density at radius 1 is 1.42 bits per heavy atom. The van der Waals surface area contributed by atoms with Crippen LogP contribution in [-0.4, -0.2) is 59.3 Å². The van der Waals surface area contributed by atoms with E-state index in [2.05, 4.69) is 15.6 Å². The number of aromatic nitrogens is 1. The highest BCUT2D eigenvalue weighted by atomic mass is 16.5. The van der Waals surface area contributed by atoms with Crippen molar-refractivity contribution >= 4 is 17.8 Å². The largest absolute Gasteiger partial charge is 0.493 e. The van der Waals surface area contributed by atoms with Crippen LogP contribution in [0.15, 0.2) is 12.1 Å². The Hall–Kier alpha value is -2.35. The van der Waals surface area contributed by atoms with Crippen molar-refractivity contribution in [2.45, 2.75) is 38.8 Å². The molecule has 0 aromatic carbocycles. The van der Waals surface area contributed by atoms with Crippen LogP contribution in [0.25, 0.3) is 0 Å². The van der Waals surface area contributed by atoms with Gasteiger partial charge in [-0.25, -0.2) is 9.78 Å². The van der Waals surface area contributed by atoms with Gasteiger partial charge in [0.05, 0.1) is 13.7 Å². The number of carbonyl (C=O) groups excluding carboxylic acids is 1. The van der Waals surface area contributed by atoms with Crippen molar-refractivity contribution < 1.29 is 19.4 Å². The standard InChI is InChI=1S/C16H24N4O4/c1-4-20(9-14(21)22)12-7-11(8-12)18-16(23)19-15-13(24-3)6-5-10(2)17-15/h5-6,11-12H,4,7-9H2,1-3H3,(H,21,22)(H2,17,18,19,23). The zero-order chi connectivity index (χ0) is 17.7. The normalized spacial score (nSPS) is 19.5. The summed E-state index contributed by atoms with van der Waals surface area (Å²) in [4.78, 5) is 29.1. The maximum Gasteiger partial charge on any atom is 0.320 e. The first-order valence-electron chi connectivity index (χ1n) is 7.98. The lowest BCUT2D eigenvalue weighted by atomic mass is 9.85. The molecule has 1 heterocycles. The van der Waals surface area contributed by atoms with Gasteiger partial charge in [0.15, 0.2) is 11.6 Å². The highest BCUT2D eigenvalue weighted by molar-refractivity contribution is 5.90. The molecule has 0 atom stereocenters. The number of aliphatic carboxylic acids is 1. The number of carboxylic acids is 1. The summed E-state index contributed by atoms with van der Waals surface area (Å²) in [6.07, 6.45) is 1.49. The van der Waals surface area contributed by atoms with Gasteiger partial charge in [-0.3, -0.25) is 15.0 Å². The van der Waals surface area contributed by atoms with Crippen LogP contribution >= 0.6 is 0 Å². The van der Waals surface area contributed by atoms with E-state index in [0.717, 1.165) is 18.5 Å². The summed E-state index contributed by atoms with van der Waals surface area (Å²) >= 11 is 0. The number of pyridine rings is 1. The van der Waals surface area contributed by atoms with Crippen molar-refractivity contribution in [3.63, 3.8) is 0 Å². The monoisotopic (exact) mass is 336 g/mol. The topological polar surface area (TPSA) is 104 Å². The molecule has 0 aliphatic heterocycles. The van der Waals surface area contributed by atoms with Crippen LogP contribution in [0, 0.1) is 6.92 Å². The summed E-state index contributed by atoms with van der Waals surface area (Å²) in [6, 6.07) is 3.45. The molecule has 1 fully saturated rings. The number of carboxylic acid groups (broad SMARTS) is 1. The molecule has 1 aromatic heterocycles. The minimum atomic E-state index is -0.830. The summed E-state index contributed by atoms with van der Waals surface area (Å²) in [7, 11) is 1.52. The van der Waals surface area contributed by atoms with Crippen LogP contribution < -0.4 is 15.4 Å². The highest BCUT2D eigenvalue weighted by Crippen LogP contribution is 2.26. The summed E-state index contributed by atoms with van der Waals surface area (Å²) < 4.78 is 5.18. The SMILES string of the molecule is CCN(CC(=O)O)C1CC(NC(=O)Nc2nc(C)ccc2OC)C1. The van der Waals surface area contributed by atoms with E-state index >= 15 is 0 Å². The minimum absolute atomic E-state index is 0.0322. The van der Waals surface area contributed by atoms with Gasteiger partial charge >= 0.3 is 12.0 Å². The van der Waals surface area contributed by atoms with Crippen molar-refractivity contribution in [3.05, 3.63) is 17.8 Å². The Kier molecular flexibility index (Phi) is 5.97. The molecule has 1 aromatic rings.